The zero-order chi connectivity index (χ0) is 24.4. The second kappa shape index (κ2) is 9.36. The standard InChI is InChI=1S/C23H14ClF2N3O5/c24-16-10-9-13(11-19(16)29(32)33)21(30)14-5-1-2-6-15(14)22(31)34-12-20-27-17-7-3-4-8-18(17)28(20)23(25)26/h1-11,23H,12H2. The fourth-order valence-corrected chi connectivity index (χ4v) is 3.62. The maximum absolute atomic E-state index is 13.6. The third kappa shape index (κ3) is 4.35. The summed E-state index contributed by atoms with van der Waals surface area (Å²) in [5.41, 5.74) is -0.233. The van der Waals surface area contributed by atoms with Crippen LogP contribution in [0.5, 0.6) is 0 Å². The van der Waals surface area contributed by atoms with Crippen LogP contribution >= 0.6 is 11.6 Å². The van der Waals surface area contributed by atoms with E-state index in [1.165, 1.54) is 42.5 Å². The zero-order valence-electron chi connectivity index (χ0n) is 17.2. The van der Waals surface area contributed by atoms with Crippen molar-refractivity contribution < 1.29 is 28.0 Å². The van der Waals surface area contributed by atoms with Gasteiger partial charge in [0, 0.05) is 17.2 Å². The first-order chi connectivity index (χ1) is 16.3. The third-order valence-corrected chi connectivity index (χ3v) is 5.31. The zero-order valence-corrected chi connectivity index (χ0v) is 17.9. The Labute approximate surface area is 195 Å². The molecule has 0 radical (unpaired) electrons. The Morgan fingerprint density at radius 2 is 1.74 bits per heavy atom. The van der Waals surface area contributed by atoms with Gasteiger partial charge in [0.2, 0.25) is 0 Å². The molecule has 1 aromatic heterocycles. The molecule has 0 aliphatic carbocycles. The lowest BCUT2D eigenvalue weighted by atomic mass is 9.98. The number of carbonyl (C=O) groups excluding carboxylic acids is 2. The van der Waals surface area contributed by atoms with Crippen LogP contribution in [0.15, 0.2) is 66.7 Å². The quantitative estimate of drug-likeness (QED) is 0.146. The van der Waals surface area contributed by atoms with Gasteiger partial charge in [-0.15, -0.1) is 0 Å². The second-order valence-corrected chi connectivity index (χ2v) is 7.45. The van der Waals surface area contributed by atoms with Gasteiger partial charge in [0.15, 0.2) is 11.6 Å². The third-order valence-electron chi connectivity index (χ3n) is 4.99. The molecule has 0 aliphatic heterocycles. The summed E-state index contributed by atoms with van der Waals surface area (Å²) in [4.78, 5) is 40.3. The number of ether oxygens (including phenoxy) is 1. The molecular formula is C23H14ClF2N3O5. The van der Waals surface area contributed by atoms with Crippen LogP contribution in [0.25, 0.3) is 11.0 Å². The van der Waals surface area contributed by atoms with Gasteiger partial charge >= 0.3 is 12.5 Å². The molecule has 11 heteroatoms. The van der Waals surface area contributed by atoms with Gasteiger partial charge in [-0.1, -0.05) is 41.9 Å². The van der Waals surface area contributed by atoms with E-state index in [4.69, 9.17) is 16.3 Å². The Balaban J connectivity index is 1.61. The Bertz CT molecular complexity index is 1440. The minimum absolute atomic E-state index is 0.0594. The SMILES string of the molecule is O=C(OCc1nc2ccccc2n1C(F)F)c1ccccc1C(=O)c1ccc(Cl)c([N+](=O)[O-])c1. The molecule has 0 aliphatic rings. The molecule has 0 fully saturated rings. The van der Waals surface area contributed by atoms with Crippen LogP contribution in [0.2, 0.25) is 5.02 Å². The van der Waals surface area contributed by atoms with E-state index in [2.05, 4.69) is 4.98 Å². The number of nitro groups is 1. The highest BCUT2D eigenvalue weighted by Gasteiger charge is 2.24. The number of halogens is 3. The van der Waals surface area contributed by atoms with E-state index in [-0.39, 0.29) is 33.1 Å². The largest absolute Gasteiger partial charge is 0.454 e. The van der Waals surface area contributed by atoms with Gasteiger partial charge in [0.05, 0.1) is 21.5 Å². The van der Waals surface area contributed by atoms with E-state index in [0.29, 0.717) is 10.1 Å². The fourth-order valence-electron chi connectivity index (χ4n) is 3.43. The Kier molecular flexibility index (Phi) is 6.33. The highest BCUT2D eigenvalue weighted by molar-refractivity contribution is 6.33. The Hall–Kier alpha value is -4.18. The first-order valence-electron chi connectivity index (χ1n) is 9.76. The minimum Gasteiger partial charge on any atom is -0.454 e. The number of nitrogens with zero attached hydrogens (tertiary/aromatic N) is 3. The maximum Gasteiger partial charge on any atom is 0.339 e. The molecule has 8 nitrogen and oxygen atoms in total. The number of para-hydroxylation sites is 2. The van der Waals surface area contributed by atoms with Crippen molar-refractivity contribution in [2.24, 2.45) is 0 Å². The topological polar surface area (TPSA) is 104 Å². The van der Waals surface area contributed by atoms with Crippen molar-refractivity contribution >= 4 is 40.1 Å². The fraction of sp³-hybridized carbons (Fsp3) is 0.0870. The van der Waals surface area contributed by atoms with E-state index in [1.54, 1.807) is 18.2 Å². The van der Waals surface area contributed by atoms with Crippen LogP contribution in [-0.4, -0.2) is 26.2 Å². The summed E-state index contributed by atoms with van der Waals surface area (Å²) >= 11 is 5.80. The molecule has 0 bridgehead atoms. The lowest BCUT2D eigenvalue weighted by molar-refractivity contribution is -0.384. The molecule has 0 spiro atoms. The Morgan fingerprint density at radius 1 is 1.06 bits per heavy atom. The van der Waals surface area contributed by atoms with E-state index < -0.39 is 35.5 Å². The van der Waals surface area contributed by atoms with E-state index in [0.717, 1.165) is 6.07 Å². The van der Waals surface area contributed by atoms with Gasteiger partial charge in [-0.05, 0) is 30.3 Å². The van der Waals surface area contributed by atoms with Crippen LogP contribution < -0.4 is 0 Å². The molecule has 4 rings (SSSR count). The normalized spacial score (nSPS) is 11.1. The molecule has 0 atom stereocenters. The number of hydrogen-bond donors (Lipinski definition) is 0. The highest BCUT2D eigenvalue weighted by Crippen LogP contribution is 2.27. The summed E-state index contributed by atoms with van der Waals surface area (Å²) < 4.78 is 33.1. The summed E-state index contributed by atoms with van der Waals surface area (Å²) in [6, 6.07) is 15.5. The van der Waals surface area contributed by atoms with Crippen LogP contribution in [0.1, 0.15) is 38.7 Å². The molecule has 3 aromatic carbocycles. The predicted molar refractivity (Wildman–Crippen MR) is 118 cm³/mol. The van der Waals surface area contributed by atoms with Crippen LogP contribution in [0.4, 0.5) is 14.5 Å². The van der Waals surface area contributed by atoms with Crippen molar-refractivity contribution in [2.45, 2.75) is 13.2 Å². The van der Waals surface area contributed by atoms with Crippen molar-refractivity contribution in [1.82, 2.24) is 9.55 Å². The van der Waals surface area contributed by atoms with Gasteiger partial charge in [-0.3, -0.25) is 19.5 Å². The monoisotopic (exact) mass is 485 g/mol. The number of benzene rings is 3. The molecule has 34 heavy (non-hydrogen) atoms. The maximum atomic E-state index is 13.6. The number of carbonyl (C=O) groups is 2. The summed E-state index contributed by atoms with van der Waals surface area (Å²) in [6.07, 6.45) is 0. The summed E-state index contributed by atoms with van der Waals surface area (Å²) in [5.74, 6) is -1.78. The van der Waals surface area contributed by atoms with Crippen LogP contribution in [0.3, 0.4) is 0 Å². The highest BCUT2D eigenvalue weighted by atomic mass is 35.5. The number of alkyl halides is 2. The summed E-state index contributed by atoms with van der Waals surface area (Å²) in [5, 5.41) is 11.0. The second-order valence-electron chi connectivity index (χ2n) is 7.04. The molecule has 0 amide bonds. The smallest absolute Gasteiger partial charge is 0.339 e. The number of aromatic nitrogens is 2. The Morgan fingerprint density at radius 3 is 2.44 bits per heavy atom. The number of esters is 1. The number of nitro benzene ring substituents is 1. The lowest BCUT2D eigenvalue weighted by Crippen LogP contribution is -2.14. The molecule has 0 N–H and O–H groups in total. The van der Waals surface area contributed by atoms with Gasteiger partial charge < -0.3 is 4.74 Å². The number of hydrogen-bond acceptors (Lipinski definition) is 6. The average Bonchev–Trinajstić information content (AvgIpc) is 3.21. The molecule has 0 unspecified atom stereocenters. The summed E-state index contributed by atoms with van der Waals surface area (Å²) in [6.45, 7) is -3.47. The molecule has 0 saturated carbocycles. The predicted octanol–water partition coefficient (Wildman–Crippen LogP) is 5.58. The van der Waals surface area contributed by atoms with E-state index in [9.17, 15) is 28.5 Å². The molecule has 4 aromatic rings. The molecule has 172 valence electrons. The number of fused-ring (bicyclic) bond motifs is 1. The summed E-state index contributed by atoms with van der Waals surface area (Å²) in [7, 11) is 0. The van der Waals surface area contributed by atoms with Gasteiger partial charge in [0.25, 0.3) is 5.69 Å². The van der Waals surface area contributed by atoms with Gasteiger partial charge in [-0.25, -0.2) is 9.78 Å². The molecular weight excluding hydrogens is 472 g/mol. The minimum atomic E-state index is -2.91. The van der Waals surface area contributed by atoms with E-state index in [1.807, 2.05) is 0 Å². The number of ketones is 1. The molecule has 0 saturated heterocycles. The number of rotatable bonds is 7. The van der Waals surface area contributed by atoms with Crippen molar-refractivity contribution in [3.63, 3.8) is 0 Å². The number of imidazole rings is 1. The average molecular weight is 486 g/mol. The lowest BCUT2D eigenvalue weighted by Gasteiger charge is -2.11. The van der Waals surface area contributed by atoms with Crippen molar-refractivity contribution in [1.29, 1.82) is 0 Å². The van der Waals surface area contributed by atoms with Crippen molar-refractivity contribution in [3.05, 3.63) is 104 Å². The molecule has 1 heterocycles. The van der Waals surface area contributed by atoms with Crippen molar-refractivity contribution in [2.75, 3.05) is 0 Å². The van der Waals surface area contributed by atoms with Crippen LogP contribution in [0, 0.1) is 10.1 Å². The van der Waals surface area contributed by atoms with Gasteiger partial charge in [0.1, 0.15) is 11.6 Å². The van der Waals surface area contributed by atoms with Crippen LogP contribution in [-0.2, 0) is 11.3 Å². The van der Waals surface area contributed by atoms with Gasteiger partial charge in [-0.2, -0.15) is 8.78 Å². The van der Waals surface area contributed by atoms with Crippen molar-refractivity contribution in [3.8, 4) is 0 Å². The van der Waals surface area contributed by atoms with E-state index >= 15 is 0 Å². The first kappa shape index (κ1) is 23.0. The first-order valence-corrected chi connectivity index (χ1v) is 10.1.